The van der Waals surface area contributed by atoms with Crippen LogP contribution in [0.2, 0.25) is 0 Å². The van der Waals surface area contributed by atoms with Gasteiger partial charge in [0.2, 0.25) is 0 Å². The van der Waals surface area contributed by atoms with Crippen LogP contribution >= 0.6 is 0 Å². The smallest absolute Gasteiger partial charge is 0.425 e. The molecule has 122 valence electrons. The first-order valence-electron chi connectivity index (χ1n) is 7.00. The Morgan fingerprint density at radius 1 is 1.36 bits per heavy atom. The Bertz CT molecular complexity index is 488. The van der Waals surface area contributed by atoms with Gasteiger partial charge in [0.1, 0.15) is 0 Å². The van der Waals surface area contributed by atoms with Gasteiger partial charge < -0.3 is 9.64 Å². The molecule has 1 aliphatic rings. The van der Waals surface area contributed by atoms with E-state index in [0.717, 1.165) is 12.5 Å². The second-order valence-corrected chi connectivity index (χ2v) is 5.19. The molecule has 8 heteroatoms. The minimum atomic E-state index is -4.53. The number of pyridine rings is 1. The summed E-state index contributed by atoms with van der Waals surface area (Å²) in [6, 6.07) is 3.81. The highest BCUT2D eigenvalue weighted by Gasteiger charge is 2.40. The molecule has 1 atom stereocenters. The first-order chi connectivity index (χ1) is 10.4. The normalized spacial score (nSPS) is 18.1. The van der Waals surface area contributed by atoms with Crippen molar-refractivity contribution in [2.75, 3.05) is 26.2 Å². The summed E-state index contributed by atoms with van der Waals surface area (Å²) in [5.74, 6) is 0. The molecule has 1 unspecified atom stereocenters. The molecule has 2 heterocycles. The van der Waals surface area contributed by atoms with Gasteiger partial charge >= 0.3 is 12.3 Å². The van der Waals surface area contributed by atoms with Crippen molar-refractivity contribution < 1.29 is 22.7 Å². The van der Waals surface area contributed by atoms with Gasteiger partial charge in [-0.2, -0.15) is 13.2 Å². The fourth-order valence-electron chi connectivity index (χ4n) is 2.13. The summed E-state index contributed by atoms with van der Waals surface area (Å²) in [5.41, 5.74) is 1.06. The predicted octanol–water partition coefficient (Wildman–Crippen LogP) is 2.29. The van der Waals surface area contributed by atoms with E-state index in [1.165, 1.54) is 4.90 Å². The zero-order valence-electron chi connectivity index (χ0n) is 12.2. The number of aromatic nitrogens is 1. The quantitative estimate of drug-likeness (QED) is 0.858. The van der Waals surface area contributed by atoms with Gasteiger partial charge in [-0.25, -0.2) is 4.79 Å². The fraction of sp³-hybridized carbons (Fsp3) is 0.571. The lowest BCUT2D eigenvalue weighted by atomic mass is 10.2. The number of carbonyl (C=O) groups is 1. The van der Waals surface area contributed by atoms with Crippen molar-refractivity contribution in [1.29, 1.82) is 0 Å². The highest BCUT2D eigenvalue weighted by Crippen LogP contribution is 2.23. The van der Waals surface area contributed by atoms with Crippen molar-refractivity contribution in [3.8, 4) is 0 Å². The maximum atomic E-state index is 12.4. The molecule has 1 saturated heterocycles. The van der Waals surface area contributed by atoms with E-state index >= 15 is 0 Å². The molecule has 0 radical (unpaired) electrons. The molecule has 5 nitrogen and oxygen atoms in total. The highest BCUT2D eigenvalue weighted by atomic mass is 19.4. The van der Waals surface area contributed by atoms with Crippen molar-refractivity contribution in [3.05, 3.63) is 30.1 Å². The van der Waals surface area contributed by atoms with Gasteiger partial charge in [-0.3, -0.25) is 9.88 Å². The van der Waals surface area contributed by atoms with Gasteiger partial charge in [-0.1, -0.05) is 6.07 Å². The number of amides is 1. The number of piperazine rings is 1. The number of hydrogen-bond acceptors (Lipinski definition) is 4. The molecular formula is C14H18F3N3O2. The third-order valence-electron chi connectivity index (χ3n) is 3.50. The van der Waals surface area contributed by atoms with E-state index in [4.69, 9.17) is 0 Å². The third-order valence-corrected chi connectivity index (χ3v) is 3.50. The number of nitrogens with zero attached hydrogens (tertiary/aromatic N) is 3. The topological polar surface area (TPSA) is 45.7 Å². The molecule has 1 aromatic heterocycles. The molecule has 0 spiro atoms. The Labute approximate surface area is 126 Å². The number of carbonyl (C=O) groups excluding carboxylic acids is 1. The summed E-state index contributed by atoms with van der Waals surface area (Å²) < 4.78 is 41.6. The highest BCUT2D eigenvalue weighted by molar-refractivity contribution is 5.68. The molecule has 0 N–H and O–H groups in total. The molecule has 1 aliphatic heterocycles. The van der Waals surface area contributed by atoms with Crippen LogP contribution in [0.1, 0.15) is 12.5 Å². The number of halogens is 3. The Hall–Kier alpha value is -1.83. The van der Waals surface area contributed by atoms with Crippen LogP contribution in [0.4, 0.5) is 18.0 Å². The predicted molar refractivity (Wildman–Crippen MR) is 73.1 cm³/mol. The van der Waals surface area contributed by atoms with Gasteiger partial charge in [-0.15, -0.1) is 0 Å². The molecule has 1 fully saturated rings. The van der Waals surface area contributed by atoms with E-state index < -0.39 is 18.4 Å². The fourth-order valence-corrected chi connectivity index (χ4v) is 2.13. The van der Waals surface area contributed by atoms with Gasteiger partial charge in [-0.05, 0) is 18.6 Å². The Balaban J connectivity index is 1.78. The summed E-state index contributed by atoms with van der Waals surface area (Å²) in [5, 5.41) is 0. The van der Waals surface area contributed by atoms with Crippen molar-refractivity contribution >= 4 is 6.09 Å². The van der Waals surface area contributed by atoms with Gasteiger partial charge in [0.15, 0.2) is 6.10 Å². The van der Waals surface area contributed by atoms with E-state index in [0.29, 0.717) is 32.7 Å². The summed E-state index contributed by atoms with van der Waals surface area (Å²) in [4.78, 5) is 19.2. The lowest BCUT2D eigenvalue weighted by Gasteiger charge is -2.34. The van der Waals surface area contributed by atoms with E-state index in [2.05, 4.69) is 14.6 Å². The van der Waals surface area contributed by atoms with Crippen LogP contribution in [0, 0.1) is 0 Å². The molecule has 1 amide bonds. The van der Waals surface area contributed by atoms with E-state index in [1.807, 2.05) is 12.1 Å². The monoisotopic (exact) mass is 317 g/mol. The molecule has 1 aromatic rings. The van der Waals surface area contributed by atoms with Crippen LogP contribution in [-0.2, 0) is 11.3 Å². The molecule has 0 aliphatic carbocycles. The van der Waals surface area contributed by atoms with Crippen LogP contribution in [0.3, 0.4) is 0 Å². The zero-order chi connectivity index (χ0) is 16.2. The average molecular weight is 317 g/mol. The molecular weight excluding hydrogens is 299 g/mol. The van der Waals surface area contributed by atoms with Crippen LogP contribution < -0.4 is 0 Å². The SMILES string of the molecule is CC(OC(=O)N1CCN(Cc2cccnc2)CC1)C(F)(F)F. The van der Waals surface area contributed by atoms with Crippen molar-refractivity contribution in [2.45, 2.75) is 25.7 Å². The summed E-state index contributed by atoms with van der Waals surface area (Å²) in [6.45, 7) is 3.41. The lowest BCUT2D eigenvalue weighted by molar-refractivity contribution is -0.200. The maximum Gasteiger partial charge on any atom is 0.425 e. The zero-order valence-corrected chi connectivity index (χ0v) is 12.2. The van der Waals surface area contributed by atoms with Gasteiger partial charge in [0.25, 0.3) is 0 Å². The summed E-state index contributed by atoms with van der Waals surface area (Å²) in [6.07, 6.45) is -4.07. The maximum absolute atomic E-state index is 12.4. The van der Waals surface area contributed by atoms with E-state index in [-0.39, 0.29) is 0 Å². The first kappa shape index (κ1) is 16.5. The van der Waals surface area contributed by atoms with Crippen LogP contribution in [0.25, 0.3) is 0 Å². The molecule has 0 aromatic carbocycles. The van der Waals surface area contributed by atoms with E-state index in [9.17, 15) is 18.0 Å². The standard InChI is InChI=1S/C14H18F3N3O2/c1-11(14(15,16)17)22-13(21)20-7-5-19(6-8-20)10-12-3-2-4-18-9-12/h2-4,9,11H,5-8,10H2,1H3. The number of ether oxygens (including phenoxy) is 1. The van der Waals surface area contributed by atoms with E-state index in [1.54, 1.807) is 12.4 Å². The Morgan fingerprint density at radius 3 is 2.59 bits per heavy atom. The number of alkyl halides is 3. The largest absolute Gasteiger partial charge is 0.437 e. The Kier molecular flexibility index (Phi) is 5.23. The molecule has 0 bridgehead atoms. The average Bonchev–Trinajstić information content (AvgIpc) is 2.48. The summed E-state index contributed by atoms with van der Waals surface area (Å²) in [7, 11) is 0. The third kappa shape index (κ3) is 4.59. The molecule has 0 saturated carbocycles. The number of rotatable bonds is 3. The minimum Gasteiger partial charge on any atom is -0.437 e. The first-order valence-corrected chi connectivity index (χ1v) is 7.00. The minimum absolute atomic E-state index is 0.351. The van der Waals surface area contributed by atoms with Crippen molar-refractivity contribution in [3.63, 3.8) is 0 Å². The second-order valence-electron chi connectivity index (χ2n) is 5.19. The van der Waals surface area contributed by atoms with Gasteiger partial charge in [0.05, 0.1) is 0 Å². The Morgan fingerprint density at radius 2 is 2.05 bits per heavy atom. The second kappa shape index (κ2) is 6.95. The van der Waals surface area contributed by atoms with Crippen LogP contribution in [0.5, 0.6) is 0 Å². The van der Waals surface area contributed by atoms with Crippen LogP contribution in [0.15, 0.2) is 24.5 Å². The lowest BCUT2D eigenvalue weighted by Crippen LogP contribution is -2.49. The van der Waals surface area contributed by atoms with Crippen molar-refractivity contribution in [2.24, 2.45) is 0 Å². The molecule has 22 heavy (non-hydrogen) atoms. The summed E-state index contributed by atoms with van der Waals surface area (Å²) >= 11 is 0. The van der Waals surface area contributed by atoms with Gasteiger partial charge in [0, 0.05) is 45.1 Å². The van der Waals surface area contributed by atoms with Crippen molar-refractivity contribution in [1.82, 2.24) is 14.8 Å². The van der Waals surface area contributed by atoms with Crippen LogP contribution in [-0.4, -0.2) is 59.3 Å². The number of hydrogen-bond donors (Lipinski definition) is 0. The molecule has 2 rings (SSSR count).